The van der Waals surface area contributed by atoms with Crippen molar-refractivity contribution < 1.29 is 53.9 Å². The Morgan fingerprint density at radius 3 is 2.37 bits per heavy atom. The van der Waals surface area contributed by atoms with E-state index in [-0.39, 0.29) is 9.87 Å². The molecule has 2 rings (SSSR count). The zero-order valence-corrected chi connectivity index (χ0v) is 24.0. The minimum Gasteiger partial charge on any atom is -0.755 e. The van der Waals surface area contributed by atoms with E-state index in [0.29, 0.717) is 12.1 Å². The molecule has 0 saturated heterocycles. The topological polar surface area (TPSA) is 156 Å². The van der Waals surface area contributed by atoms with Crippen LogP contribution in [-0.4, -0.2) is 58.1 Å². The van der Waals surface area contributed by atoms with Gasteiger partial charge in [-0.3, -0.25) is 23.0 Å². The van der Waals surface area contributed by atoms with Crippen molar-refractivity contribution >= 4 is 38.4 Å². The molecule has 2 aromatic carbocycles. The first kappa shape index (κ1) is 33.9. The first-order valence-electron chi connectivity index (χ1n) is 11.9. The molecule has 41 heavy (non-hydrogen) atoms. The summed E-state index contributed by atoms with van der Waals surface area (Å²) in [7, 11) is -4.43. The smallest absolute Gasteiger partial charge is 0.346 e. The average Bonchev–Trinajstić information content (AvgIpc) is 2.85. The highest BCUT2D eigenvalue weighted by Crippen LogP contribution is 2.38. The van der Waals surface area contributed by atoms with Gasteiger partial charge < -0.3 is 14.0 Å². The first-order chi connectivity index (χ1) is 18.9. The summed E-state index contributed by atoms with van der Waals surface area (Å²) in [6, 6.07) is 3.12. The van der Waals surface area contributed by atoms with Crippen LogP contribution in [0.3, 0.4) is 0 Å². The number of hydrogen-bond donors (Lipinski definition) is 0. The third-order valence-electron chi connectivity index (χ3n) is 5.39. The number of sulfone groups is 1. The van der Waals surface area contributed by atoms with Gasteiger partial charge in [0, 0.05) is 35.9 Å². The minimum atomic E-state index is -4.43. The first-order valence-corrected chi connectivity index (χ1v) is 14.6. The van der Waals surface area contributed by atoms with Gasteiger partial charge in [-0.1, -0.05) is 0 Å². The third kappa shape index (κ3) is 8.59. The Balaban J connectivity index is 2.49. The SMILES string of the molecule is Cc1c(Oc2c(F)ccc(N(CCC(F)S(=O)(=O)CCCF)S(=O)[O-])c2F)ccc([N+](=O)[O-])c1C(=O)OC(C)(C)C. The van der Waals surface area contributed by atoms with Crippen LogP contribution >= 0.6 is 0 Å². The Labute approximate surface area is 235 Å². The molecule has 0 bridgehead atoms. The predicted octanol–water partition coefficient (Wildman–Crippen LogP) is 4.99. The zero-order chi connectivity index (χ0) is 31.3. The number of ether oxygens (including phenoxy) is 2. The molecule has 0 N–H and O–H groups in total. The normalized spacial score (nSPS) is 13.4. The third-order valence-corrected chi connectivity index (χ3v) is 8.01. The van der Waals surface area contributed by atoms with Crippen LogP contribution in [0.15, 0.2) is 24.3 Å². The Bertz CT molecular complexity index is 1430. The van der Waals surface area contributed by atoms with Crippen molar-refractivity contribution in [3.05, 3.63) is 57.1 Å². The van der Waals surface area contributed by atoms with E-state index in [0.717, 1.165) is 12.1 Å². The number of hydrogen-bond acceptors (Lipinski definition) is 9. The molecule has 0 aliphatic carbocycles. The van der Waals surface area contributed by atoms with Crippen LogP contribution < -0.4 is 9.04 Å². The fourth-order valence-corrected chi connectivity index (χ4v) is 5.29. The average molecular weight is 628 g/mol. The lowest BCUT2D eigenvalue weighted by atomic mass is 10.0. The highest BCUT2D eigenvalue weighted by molar-refractivity contribution is 7.91. The molecule has 0 heterocycles. The number of benzene rings is 2. The minimum absolute atomic E-state index is 0.222. The van der Waals surface area contributed by atoms with Gasteiger partial charge in [0.1, 0.15) is 16.9 Å². The summed E-state index contributed by atoms with van der Waals surface area (Å²) in [5, 5.41) is 11.5. The lowest BCUT2D eigenvalue weighted by molar-refractivity contribution is -0.385. The molecule has 0 saturated carbocycles. The molecule has 0 radical (unpaired) electrons. The number of carbonyl (C=O) groups excluding carboxylic acids is 1. The number of rotatable bonds is 13. The number of carbonyl (C=O) groups is 1. The Kier molecular flexibility index (Phi) is 11.2. The molecule has 0 aromatic heterocycles. The molecule has 2 aromatic rings. The van der Waals surface area contributed by atoms with E-state index in [9.17, 15) is 45.3 Å². The molecule has 0 aliphatic heterocycles. The van der Waals surface area contributed by atoms with Crippen LogP contribution in [0.1, 0.15) is 49.5 Å². The second-order valence-electron chi connectivity index (χ2n) is 9.58. The van der Waals surface area contributed by atoms with E-state index in [1.165, 1.54) is 27.7 Å². The number of nitrogens with zero attached hydrogens (tertiary/aromatic N) is 2. The van der Waals surface area contributed by atoms with Crippen LogP contribution in [0, 0.1) is 28.7 Å². The quantitative estimate of drug-likeness (QED) is 0.0981. The molecule has 2 atom stereocenters. The molecular formula is C24H27F4N2O9S2-. The predicted molar refractivity (Wildman–Crippen MR) is 140 cm³/mol. The van der Waals surface area contributed by atoms with Gasteiger partial charge in [-0.2, -0.15) is 0 Å². The second kappa shape index (κ2) is 13.6. The monoisotopic (exact) mass is 627 g/mol. The number of nitro groups is 1. The van der Waals surface area contributed by atoms with Crippen LogP contribution in [-0.2, 0) is 25.8 Å². The summed E-state index contributed by atoms with van der Waals surface area (Å²) < 4.78 is 115. The summed E-state index contributed by atoms with van der Waals surface area (Å²) in [4.78, 5) is 23.4. The summed E-state index contributed by atoms with van der Waals surface area (Å²) in [6.07, 6.45) is -1.42. The summed E-state index contributed by atoms with van der Waals surface area (Å²) in [5.41, 5.74) is -5.92. The van der Waals surface area contributed by atoms with Gasteiger partial charge in [-0.25, -0.2) is 26.4 Å². The van der Waals surface area contributed by atoms with E-state index < -0.39 is 115 Å². The Morgan fingerprint density at radius 1 is 1.20 bits per heavy atom. The van der Waals surface area contributed by atoms with E-state index in [4.69, 9.17) is 9.47 Å². The van der Waals surface area contributed by atoms with Gasteiger partial charge in [-0.15, -0.1) is 0 Å². The maximum Gasteiger partial charge on any atom is 0.346 e. The van der Waals surface area contributed by atoms with Gasteiger partial charge in [0.15, 0.2) is 21.5 Å². The molecule has 0 spiro atoms. The van der Waals surface area contributed by atoms with Gasteiger partial charge >= 0.3 is 5.97 Å². The Morgan fingerprint density at radius 2 is 1.83 bits per heavy atom. The molecule has 0 aliphatic rings. The van der Waals surface area contributed by atoms with Crippen LogP contribution in [0.4, 0.5) is 28.9 Å². The maximum atomic E-state index is 15.4. The number of nitro benzene ring substituents is 1. The van der Waals surface area contributed by atoms with E-state index in [1.807, 2.05) is 0 Å². The van der Waals surface area contributed by atoms with Crippen LogP contribution in [0.5, 0.6) is 11.5 Å². The fourth-order valence-electron chi connectivity index (χ4n) is 3.50. The lowest BCUT2D eigenvalue weighted by Crippen LogP contribution is -2.31. The van der Waals surface area contributed by atoms with Crippen molar-refractivity contribution in [3.8, 4) is 11.5 Å². The number of alkyl halides is 2. The van der Waals surface area contributed by atoms with Crippen LogP contribution in [0.25, 0.3) is 0 Å². The maximum absolute atomic E-state index is 15.4. The van der Waals surface area contributed by atoms with Crippen molar-refractivity contribution in [1.82, 2.24) is 0 Å². The lowest BCUT2D eigenvalue weighted by Gasteiger charge is -2.28. The molecule has 0 fully saturated rings. The molecule has 17 heteroatoms. The molecule has 2 unspecified atom stereocenters. The molecule has 11 nitrogen and oxygen atoms in total. The standard InChI is InChI=1S/C24H28F4N2O9S2/c1-14-18(9-8-16(30(32)33)20(14)23(31)39-24(2,3)4)38-22-15(26)6-7-17(21(22)28)29(40(34)35)12-10-19(27)41(36,37)13-5-11-25/h6-9,19H,5,10-13H2,1-4H3,(H,34,35)/p-1. The Hall–Kier alpha value is -3.31. The van der Waals surface area contributed by atoms with Crippen molar-refractivity contribution in [2.75, 3.05) is 23.3 Å². The van der Waals surface area contributed by atoms with Crippen molar-refractivity contribution in [2.45, 2.75) is 51.6 Å². The van der Waals surface area contributed by atoms with Gasteiger partial charge in [0.2, 0.25) is 11.3 Å². The summed E-state index contributed by atoms with van der Waals surface area (Å²) >= 11 is -3.30. The van der Waals surface area contributed by atoms with E-state index in [1.54, 1.807) is 0 Å². The number of anilines is 1. The van der Waals surface area contributed by atoms with Gasteiger partial charge in [-0.05, 0) is 52.3 Å². The number of esters is 1. The molecular weight excluding hydrogens is 600 g/mol. The highest BCUT2D eigenvalue weighted by Gasteiger charge is 2.31. The fraction of sp³-hybridized carbons (Fsp3) is 0.458. The van der Waals surface area contributed by atoms with E-state index in [2.05, 4.69) is 0 Å². The summed E-state index contributed by atoms with van der Waals surface area (Å²) in [6.45, 7) is 3.83. The van der Waals surface area contributed by atoms with E-state index >= 15 is 4.39 Å². The van der Waals surface area contributed by atoms with Crippen molar-refractivity contribution in [3.63, 3.8) is 0 Å². The van der Waals surface area contributed by atoms with Gasteiger partial charge in [0.25, 0.3) is 5.69 Å². The summed E-state index contributed by atoms with van der Waals surface area (Å²) in [5.74, 6) is -6.45. The van der Waals surface area contributed by atoms with Crippen molar-refractivity contribution in [1.29, 1.82) is 0 Å². The molecule has 0 amide bonds. The van der Waals surface area contributed by atoms with Crippen molar-refractivity contribution in [2.24, 2.45) is 0 Å². The molecule has 228 valence electrons. The van der Waals surface area contributed by atoms with Crippen LogP contribution in [0.2, 0.25) is 0 Å². The number of halogens is 4. The highest BCUT2D eigenvalue weighted by atomic mass is 32.2. The largest absolute Gasteiger partial charge is 0.755 e. The zero-order valence-electron chi connectivity index (χ0n) is 22.3. The van der Waals surface area contributed by atoms with Gasteiger partial charge in [0.05, 0.1) is 23.0 Å². The second-order valence-corrected chi connectivity index (χ2v) is 12.7.